The summed E-state index contributed by atoms with van der Waals surface area (Å²) in [6.45, 7) is 14.5. The minimum Gasteiger partial charge on any atom is -0.390 e. The molecule has 0 aromatic rings. The average molecular weight is 337 g/mol. The first-order chi connectivity index (χ1) is 11.0. The number of aliphatic hydroxyl groups is 2. The third kappa shape index (κ3) is 3.23. The summed E-state index contributed by atoms with van der Waals surface area (Å²) < 4.78 is 5.77. The molecule has 0 fully saturated rings. The highest BCUT2D eigenvalue weighted by molar-refractivity contribution is 5.37. The first kappa shape index (κ1) is 19.7. The highest BCUT2D eigenvalue weighted by Crippen LogP contribution is 2.57. The Labute approximate surface area is 147 Å². The largest absolute Gasteiger partial charge is 0.390 e. The third-order valence-electron chi connectivity index (χ3n) is 6.93. The van der Waals surface area contributed by atoms with Gasteiger partial charge in [-0.3, -0.25) is 0 Å². The molecule has 138 valence electrons. The fourth-order valence-electron chi connectivity index (χ4n) is 4.87. The van der Waals surface area contributed by atoms with E-state index >= 15 is 0 Å². The van der Waals surface area contributed by atoms with E-state index in [0.717, 1.165) is 19.3 Å². The summed E-state index contributed by atoms with van der Waals surface area (Å²) in [5, 5.41) is 21.4. The van der Waals surface area contributed by atoms with Crippen LogP contribution in [0.25, 0.3) is 0 Å². The van der Waals surface area contributed by atoms with Crippen LogP contribution >= 0.6 is 0 Å². The predicted octanol–water partition coefficient (Wildman–Crippen LogP) is 4.24. The average Bonchev–Trinajstić information content (AvgIpc) is 2.52. The molecule has 0 unspecified atom stereocenters. The van der Waals surface area contributed by atoms with Crippen LogP contribution in [0.15, 0.2) is 23.8 Å². The highest BCUT2D eigenvalue weighted by Gasteiger charge is 2.52. The highest BCUT2D eigenvalue weighted by atomic mass is 16.5. The topological polar surface area (TPSA) is 49.7 Å². The lowest BCUT2D eigenvalue weighted by molar-refractivity contribution is -0.0761. The monoisotopic (exact) mass is 336 g/mol. The summed E-state index contributed by atoms with van der Waals surface area (Å²) in [5.74, 6) is 0.0933. The summed E-state index contributed by atoms with van der Waals surface area (Å²) in [7, 11) is 1.71. The van der Waals surface area contributed by atoms with Crippen LogP contribution in [-0.4, -0.2) is 35.1 Å². The van der Waals surface area contributed by atoms with Crippen molar-refractivity contribution in [2.45, 2.75) is 84.5 Å². The zero-order valence-corrected chi connectivity index (χ0v) is 16.4. The number of allylic oxidation sites excluding steroid dienone is 1. The number of hydrogen-bond acceptors (Lipinski definition) is 3. The molecule has 2 aliphatic carbocycles. The van der Waals surface area contributed by atoms with Crippen molar-refractivity contribution in [1.82, 2.24) is 0 Å². The lowest BCUT2D eigenvalue weighted by atomic mass is 9.53. The quantitative estimate of drug-likeness (QED) is 0.738. The zero-order chi connectivity index (χ0) is 18.3. The Bertz CT molecular complexity index is 517. The van der Waals surface area contributed by atoms with E-state index in [9.17, 15) is 10.2 Å². The minimum absolute atomic E-state index is 0.0532. The second-order valence-electron chi connectivity index (χ2n) is 9.04. The normalized spacial score (nSPS) is 38.4. The van der Waals surface area contributed by atoms with Crippen molar-refractivity contribution in [3.63, 3.8) is 0 Å². The molecule has 0 bridgehead atoms. The van der Waals surface area contributed by atoms with Crippen LogP contribution < -0.4 is 0 Å². The number of rotatable bonds is 5. The van der Waals surface area contributed by atoms with E-state index in [1.807, 2.05) is 6.92 Å². The SMILES string of the molecule is C=C[C@@](C)(O)CC[C@@]1(C)C2=C([C@H](OC)[C@H](O)[C@H]1C)C(C)(C)CCC2. The number of aliphatic hydroxyl groups excluding tert-OH is 1. The van der Waals surface area contributed by atoms with Crippen molar-refractivity contribution >= 4 is 0 Å². The maximum absolute atomic E-state index is 11.0. The van der Waals surface area contributed by atoms with Gasteiger partial charge in [0, 0.05) is 7.11 Å². The van der Waals surface area contributed by atoms with Gasteiger partial charge in [-0.15, -0.1) is 6.58 Å². The second-order valence-corrected chi connectivity index (χ2v) is 9.04. The zero-order valence-electron chi connectivity index (χ0n) is 16.4. The van der Waals surface area contributed by atoms with E-state index in [4.69, 9.17) is 4.74 Å². The van der Waals surface area contributed by atoms with Crippen molar-refractivity contribution in [2.24, 2.45) is 16.7 Å². The minimum atomic E-state index is -0.864. The molecule has 3 heteroatoms. The van der Waals surface area contributed by atoms with Gasteiger partial charge < -0.3 is 14.9 Å². The molecular formula is C21H36O3. The number of hydrogen-bond donors (Lipinski definition) is 2. The maximum Gasteiger partial charge on any atom is 0.105 e. The predicted molar refractivity (Wildman–Crippen MR) is 98.8 cm³/mol. The van der Waals surface area contributed by atoms with Gasteiger partial charge in [0.2, 0.25) is 0 Å². The molecule has 2 aliphatic rings. The first-order valence-electron chi connectivity index (χ1n) is 9.31. The molecule has 0 saturated carbocycles. The molecule has 0 radical (unpaired) electrons. The molecule has 2 rings (SSSR count). The van der Waals surface area contributed by atoms with Crippen molar-refractivity contribution in [3.05, 3.63) is 23.8 Å². The third-order valence-corrected chi connectivity index (χ3v) is 6.93. The molecule has 0 aromatic carbocycles. The summed E-state index contributed by atoms with van der Waals surface area (Å²) in [4.78, 5) is 0. The van der Waals surface area contributed by atoms with E-state index in [2.05, 4.69) is 34.3 Å². The summed E-state index contributed by atoms with van der Waals surface area (Å²) >= 11 is 0. The van der Waals surface area contributed by atoms with Gasteiger partial charge in [-0.05, 0) is 61.3 Å². The van der Waals surface area contributed by atoms with Gasteiger partial charge in [-0.2, -0.15) is 0 Å². The smallest absolute Gasteiger partial charge is 0.105 e. The Morgan fingerprint density at radius 2 is 2.00 bits per heavy atom. The fraction of sp³-hybridized carbons (Fsp3) is 0.810. The molecule has 0 heterocycles. The van der Waals surface area contributed by atoms with Crippen molar-refractivity contribution in [3.8, 4) is 0 Å². The van der Waals surface area contributed by atoms with Gasteiger partial charge in [0.15, 0.2) is 0 Å². The van der Waals surface area contributed by atoms with E-state index in [0.29, 0.717) is 6.42 Å². The Hall–Kier alpha value is -0.640. The molecule has 0 saturated heterocycles. The number of ether oxygens (including phenoxy) is 1. The first-order valence-corrected chi connectivity index (χ1v) is 9.31. The molecule has 5 atom stereocenters. The van der Waals surface area contributed by atoms with Crippen molar-refractivity contribution < 1.29 is 14.9 Å². The summed E-state index contributed by atoms with van der Waals surface area (Å²) in [5.41, 5.74) is 1.84. The molecule has 0 amide bonds. The molecule has 3 nitrogen and oxygen atoms in total. The van der Waals surface area contributed by atoms with Crippen LogP contribution in [0.2, 0.25) is 0 Å². The van der Waals surface area contributed by atoms with Gasteiger partial charge in [-0.25, -0.2) is 0 Å². The van der Waals surface area contributed by atoms with E-state index in [-0.39, 0.29) is 22.9 Å². The summed E-state index contributed by atoms with van der Waals surface area (Å²) in [6, 6.07) is 0. The lowest BCUT2D eigenvalue weighted by Crippen LogP contribution is -2.53. The Morgan fingerprint density at radius 1 is 1.38 bits per heavy atom. The van der Waals surface area contributed by atoms with Crippen LogP contribution in [0.4, 0.5) is 0 Å². The van der Waals surface area contributed by atoms with E-state index in [1.54, 1.807) is 13.2 Å². The van der Waals surface area contributed by atoms with Gasteiger partial charge >= 0.3 is 0 Å². The van der Waals surface area contributed by atoms with Crippen LogP contribution in [0.1, 0.15) is 66.7 Å². The maximum atomic E-state index is 11.0. The van der Waals surface area contributed by atoms with E-state index in [1.165, 1.54) is 17.6 Å². The van der Waals surface area contributed by atoms with Crippen LogP contribution in [0.5, 0.6) is 0 Å². The molecular weight excluding hydrogens is 300 g/mol. The van der Waals surface area contributed by atoms with Gasteiger partial charge in [0.25, 0.3) is 0 Å². The summed E-state index contributed by atoms with van der Waals surface area (Å²) in [6.07, 6.45) is 5.78. The fourth-order valence-corrected chi connectivity index (χ4v) is 4.87. The second kappa shape index (κ2) is 6.59. The van der Waals surface area contributed by atoms with Crippen LogP contribution in [0.3, 0.4) is 0 Å². The van der Waals surface area contributed by atoms with Gasteiger partial charge in [0.1, 0.15) is 6.10 Å². The standard InChI is InChI=1S/C21H36O3/c1-8-20(5,23)12-13-21(6)14(2)17(22)18(24-7)16-15(21)10-9-11-19(16,3)4/h8,14,17-18,22-23H,1,9-13H2,2-7H3/t14-,17-,18+,20-,21-/m1/s1. The molecule has 2 N–H and O–H groups in total. The molecule has 0 spiro atoms. The molecule has 0 aliphatic heterocycles. The Kier molecular flexibility index (Phi) is 5.40. The Morgan fingerprint density at radius 3 is 2.54 bits per heavy atom. The van der Waals surface area contributed by atoms with Crippen molar-refractivity contribution in [1.29, 1.82) is 0 Å². The van der Waals surface area contributed by atoms with E-state index < -0.39 is 11.7 Å². The molecule has 0 aromatic heterocycles. The lowest BCUT2D eigenvalue weighted by Gasteiger charge is -2.54. The van der Waals surface area contributed by atoms with Gasteiger partial charge in [-0.1, -0.05) is 39.3 Å². The Balaban J connectivity index is 2.51. The van der Waals surface area contributed by atoms with Crippen LogP contribution in [-0.2, 0) is 4.74 Å². The molecule has 24 heavy (non-hydrogen) atoms. The number of methoxy groups -OCH3 is 1. The van der Waals surface area contributed by atoms with Crippen LogP contribution in [0, 0.1) is 16.7 Å². The van der Waals surface area contributed by atoms with Crippen molar-refractivity contribution in [2.75, 3.05) is 7.11 Å². The van der Waals surface area contributed by atoms with Gasteiger partial charge in [0.05, 0.1) is 11.7 Å².